The maximum Gasteiger partial charge on any atom is 0.337 e. The van der Waals surface area contributed by atoms with Gasteiger partial charge >= 0.3 is 11.9 Å². The van der Waals surface area contributed by atoms with Gasteiger partial charge < -0.3 is 24.5 Å². The van der Waals surface area contributed by atoms with E-state index < -0.39 is 64.1 Å². The van der Waals surface area contributed by atoms with Gasteiger partial charge in [-0.3, -0.25) is 10.1 Å². The molecule has 0 aliphatic carbocycles. The van der Waals surface area contributed by atoms with Crippen molar-refractivity contribution in [1.29, 1.82) is 0 Å². The number of rotatable bonds is 12. The van der Waals surface area contributed by atoms with Crippen LogP contribution in [0.2, 0.25) is 0 Å². The topological polar surface area (TPSA) is 213 Å². The molecular formula is C21H24N4O12. The number of hydrogen-bond donors (Lipinski definition) is 1. The fourth-order valence-corrected chi connectivity index (χ4v) is 3.64. The summed E-state index contributed by atoms with van der Waals surface area (Å²) in [5.41, 5.74) is -0.401. The van der Waals surface area contributed by atoms with Gasteiger partial charge in [0.15, 0.2) is 0 Å². The van der Waals surface area contributed by atoms with Crippen LogP contribution in [0.3, 0.4) is 0 Å². The Bertz CT molecular complexity index is 1140. The first-order chi connectivity index (χ1) is 17.3. The van der Waals surface area contributed by atoms with E-state index in [2.05, 4.69) is 15.0 Å². The number of hydrogen-bond acceptors (Lipinski definition) is 13. The molecule has 1 atom stereocenters. The molecule has 1 unspecified atom stereocenters. The maximum absolute atomic E-state index is 13.4. The summed E-state index contributed by atoms with van der Waals surface area (Å²) in [6, 6.07) is 5.42. The van der Waals surface area contributed by atoms with Crippen molar-refractivity contribution in [3.8, 4) is 0 Å². The van der Waals surface area contributed by atoms with Crippen LogP contribution in [0.25, 0.3) is 0 Å². The van der Waals surface area contributed by atoms with Crippen LogP contribution in [0.1, 0.15) is 39.2 Å². The first-order valence-corrected chi connectivity index (χ1v) is 10.7. The number of carbonyl (C=O) groups excluding carboxylic acids is 2. The van der Waals surface area contributed by atoms with Gasteiger partial charge in [0.2, 0.25) is 0 Å². The highest BCUT2D eigenvalue weighted by atomic mass is 17.0. The molecule has 1 aromatic carbocycles. The summed E-state index contributed by atoms with van der Waals surface area (Å²) in [7, 11) is 0. The van der Waals surface area contributed by atoms with Gasteiger partial charge in [-0.15, -0.1) is 20.2 Å². The van der Waals surface area contributed by atoms with Gasteiger partial charge in [0.1, 0.15) is 19.3 Å². The SMILES string of the molecule is CC1=C(C(=O)OC(C)C)C(c2ccccc2[N+](=O)[O-])C(C(=O)OC(CO[N+](=O)[O-])CO[N+](=O)[O-])=C(C)N1. The van der Waals surface area contributed by atoms with E-state index >= 15 is 0 Å². The third kappa shape index (κ3) is 7.36. The summed E-state index contributed by atoms with van der Waals surface area (Å²) >= 11 is 0. The Labute approximate surface area is 209 Å². The average Bonchev–Trinajstić information content (AvgIpc) is 2.79. The van der Waals surface area contributed by atoms with Crippen LogP contribution < -0.4 is 5.32 Å². The van der Waals surface area contributed by atoms with Gasteiger partial charge in [0, 0.05) is 23.0 Å². The van der Waals surface area contributed by atoms with Gasteiger partial charge in [0.05, 0.1) is 28.1 Å². The number of allylic oxidation sites excluding steroid dienone is 2. The first kappa shape index (κ1) is 28.5. The normalized spacial score (nSPS) is 15.2. The number of dihydropyridines is 1. The lowest BCUT2D eigenvalue weighted by Gasteiger charge is -2.31. The second-order valence-electron chi connectivity index (χ2n) is 7.97. The molecule has 1 N–H and O–H groups in total. The molecule has 0 spiro atoms. The van der Waals surface area contributed by atoms with Crippen molar-refractivity contribution in [3.05, 3.63) is 82.7 Å². The van der Waals surface area contributed by atoms with E-state index in [9.17, 15) is 39.9 Å². The Balaban J connectivity index is 2.61. The van der Waals surface area contributed by atoms with Crippen molar-refractivity contribution in [1.82, 2.24) is 5.32 Å². The van der Waals surface area contributed by atoms with E-state index in [4.69, 9.17) is 9.47 Å². The lowest BCUT2D eigenvalue weighted by Crippen LogP contribution is -2.36. The van der Waals surface area contributed by atoms with E-state index in [0.29, 0.717) is 0 Å². The van der Waals surface area contributed by atoms with Crippen molar-refractivity contribution in [2.75, 3.05) is 13.2 Å². The summed E-state index contributed by atoms with van der Waals surface area (Å²) < 4.78 is 10.5. The number of nitro benzene ring substituents is 1. The summed E-state index contributed by atoms with van der Waals surface area (Å²) in [5, 5.41) is 33.4. The monoisotopic (exact) mass is 524 g/mol. The molecule has 0 radical (unpaired) electrons. The maximum atomic E-state index is 13.4. The lowest BCUT2D eigenvalue weighted by molar-refractivity contribution is -0.768. The van der Waals surface area contributed by atoms with Gasteiger partial charge in [-0.1, -0.05) is 18.2 Å². The molecule has 200 valence electrons. The second kappa shape index (κ2) is 12.3. The Morgan fingerprint density at radius 1 is 0.892 bits per heavy atom. The number of benzene rings is 1. The van der Waals surface area contributed by atoms with E-state index in [1.807, 2.05) is 0 Å². The van der Waals surface area contributed by atoms with Gasteiger partial charge in [-0.2, -0.15) is 0 Å². The van der Waals surface area contributed by atoms with E-state index in [-0.39, 0.29) is 28.1 Å². The van der Waals surface area contributed by atoms with E-state index in [1.54, 1.807) is 13.8 Å². The van der Waals surface area contributed by atoms with Crippen molar-refractivity contribution in [2.45, 2.75) is 45.8 Å². The summed E-state index contributed by atoms with van der Waals surface area (Å²) in [5.74, 6) is -3.39. The quantitative estimate of drug-likeness (QED) is 0.236. The molecule has 0 saturated carbocycles. The Morgan fingerprint density at radius 2 is 1.38 bits per heavy atom. The number of esters is 2. The molecule has 0 amide bonds. The molecule has 0 saturated heterocycles. The molecule has 1 aliphatic rings. The molecular weight excluding hydrogens is 500 g/mol. The minimum atomic E-state index is -1.62. The number of nitro groups is 1. The largest absolute Gasteiger partial charge is 0.460 e. The fraction of sp³-hybridized carbons (Fsp3) is 0.429. The molecule has 0 aromatic heterocycles. The van der Waals surface area contributed by atoms with Crippen LogP contribution >= 0.6 is 0 Å². The van der Waals surface area contributed by atoms with Crippen molar-refractivity contribution < 1.29 is 43.8 Å². The predicted octanol–water partition coefficient (Wildman–Crippen LogP) is 2.11. The highest BCUT2D eigenvalue weighted by molar-refractivity contribution is 6.00. The number of nitrogens with one attached hydrogen (secondary N) is 1. The highest BCUT2D eigenvalue weighted by Gasteiger charge is 2.41. The van der Waals surface area contributed by atoms with Crippen LogP contribution in [0.5, 0.6) is 0 Å². The molecule has 0 fully saturated rings. The minimum absolute atomic E-state index is 0.0324. The number of carbonyl (C=O) groups is 2. The fourth-order valence-electron chi connectivity index (χ4n) is 3.64. The zero-order valence-corrected chi connectivity index (χ0v) is 20.2. The van der Waals surface area contributed by atoms with Crippen LogP contribution in [0.4, 0.5) is 5.69 Å². The van der Waals surface area contributed by atoms with Crippen LogP contribution in [-0.4, -0.2) is 52.5 Å². The van der Waals surface area contributed by atoms with E-state index in [0.717, 1.165) is 0 Å². The van der Waals surface area contributed by atoms with Crippen LogP contribution in [0, 0.1) is 30.3 Å². The van der Waals surface area contributed by atoms with Crippen LogP contribution in [-0.2, 0) is 28.7 Å². The molecule has 1 aliphatic heterocycles. The zero-order valence-electron chi connectivity index (χ0n) is 20.2. The summed E-state index contributed by atoms with van der Waals surface area (Å²) in [6.07, 6.45) is -2.18. The summed E-state index contributed by atoms with van der Waals surface area (Å²) in [4.78, 5) is 67.1. The Hall–Kier alpha value is -4.76. The molecule has 16 nitrogen and oxygen atoms in total. The molecule has 1 heterocycles. The number of nitrogens with zero attached hydrogens (tertiary/aromatic N) is 3. The predicted molar refractivity (Wildman–Crippen MR) is 121 cm³/mol. The molecule has 0 bridgehead atoms. The molecule has 2 rings (SSSR count). The zero-order chi connectivity index (χ0) is 27.9. The first-order valence-electron chi connectivity index (χ1n) is 10.7. The van der Waals surface area contributed by atoms with Crippen molar-refractivity contribution in [3.63, 3.8) is 0 Å². The summed E-state index contributed by atoms with van der Waals surface area (Å²) in [6.45, 7) is 4.34. The van der Waals surface area contributed by atoms with Crippen molar-refractivity contribution >= 4 is 17.6 Å². The number of ether oxygens (including phenoxy) is 2. The van der Waals surface area contributed by atoms with Gasteiger partial charge in [-0.05, 0) is 27.7 Å². The second-order valence-corrected chi connectivity index (χ2v) is 7.97. The lowest BCUT2D eigenvalue weighted by atomic mass is 9.79. The Morgan fingerprint density at radius 3 is 1.84 bits per heavy atom. The van der Waals surface area contributed by atoms with Crippen molar-refractivity contribution in [2.24, 2.45) is 0 Å². The highest BCUT2D eigenvalue weighted by Crippen LogP contribution is 2.42. The molecule has 1 aromatic rings. The van der Waals surface area contributed by atoms with Crippen LogP contribution in [0.15, 0.2) is 46.8 Å². The molecule has 16 heteroatoms. The third-order valence-corrected chi connectivity index (χ3v) is 4.99. The third-order valence-electron chi connectivity index (χ3n) is 4.99. The average molecular weight is 524 g/mol. The van der Waals surface area contributed by atoms with Gasteiger partial charge in [0.25, 0.3) is 15.9 Å². The smallest absolute Gasteiger partial charge is 0.337 e. The molecule has 37 heavy (non-hydrogen) atoms. The van der Waals surface area contributed by atoms with E-state index in [1.165, 1.54) is 38.1 Å². The van der Waals surface area contributed by atoms with Gasteiger partial charge in [-0.25, -0.2) is 9.59 Å². The Kier molecular flexibility index (Phi) is 9.45. The minimum Gasteiger partial charge on any atom is -0.460 e. The standard InChI is InChI=1S/C21H24N4O12/c1-11(2)36-20(26)17-12(3)22-13(4)18(19(17)15-7-5-6-8-16(15)23(28)29)21(27)37-14(9-34-24(30)31)10-35-25(32)33/h5-8,11,14,19,22H,9-10H2,1-4H3. The number of para-hydroxylation sites is 1.